The number of hydrogen-bond donors (Lipinski definition) is 3. The van der Waals surface area contributed by atoms with Crippen LogP contribution in [0.2, 0.25) is 0 Å². The first-order valence-corrected chi connectivity index (χ1v) is 14.4. The van der Waals surface area contributed by atoms with Gasteiger partial charge in [0.1, 0.15) is 5.82 Å². The van der Waals surface area contributed by atoms with E-state index in [0.29, 0.717) is 23.4 Å². The molecule has 0 aromatic heterocycles. The molecule has 1 saturated carbocycles. The Bertz CT molecular complexity index is 1050. The maximum Gasteiger partial charge on any atom is 0.269 e. The Hall–Kier alpha value is -2.17. The van der Waals surface area contributed by atoms with Crippen molar-refractivity contribution < 1.29 is 17.8 Å². The summed E-state index contributed by atoms with van der Waals surface area (Å²) >= 11 is 1.58. The van der Waals surface area contributed by atoms with Gasteiger partial charge in [0, 0.05) is 23.7 Å². The molecule has 1 fully saturated rings. The maximum absolute atomic E-state index is 14.9. The van der Waals surface area contributed by atoms with Gasteiger partial charge in [-0.3, -0.25) is 9.52 Å². The summed E-state index contributed by atoms with van der Waals surface area (Å²) in [6, 6.07) is 11.8. The number of nitrogens with zero attached hydrogens (tertiary/aromatic N) is 1. The summed E-state index contributed by atoms with van der Waals surface area (Å²) in [4.78, 5) is 15.8. The van der Waals surface area contributed by atoms with Crippen molar-refractivity contribution in [3.8, 4) is 0 Å². The van der Waals surface area contributed by atoms with E-state index in [2.05, 4.69) is 20.3 Å². The molecule has 36 heavy (non-hydrogen) atoms. The first-order valence-electron chi connectivity index (χ1n) is 12.2. The van der Waals surface area contributed by atoms with E-state index >= 15 is 0 Å². The Labute approximate surface area is 219 Å². The Morgan fingerprint density at radius 1 is 1.14 bits per heavy atom. The van der Waals surface area contributed by atoms with Crippen molar-refractivity contribution in [2.45, 2.75) is 60.0 Å². The van der Waals surface area contributed by atoms with Gasteiger partial charge >= 0.3 is 0 Å². The van der Waals surface area contributed by atoms with E-state index < -0.39 is 22.6 Å². The molecule has 1 amide bonds. The summed E-state index contributed by atoms with van der Waals surface area (Å²) < 4.78 is 43.7. The van der Waals surface area contributed by atoms with Crippen LogP contribution in [-0.2, 0) is 15.8 Å². The molecule has 6 nitrogen and oxygen atoms in total. The molecule has 0 bridgehead atoms. The number of alkyl halides is 1. The molecule has 2 aromatic rings. The molecule has 1 aliphatic rings. The number of nitrogens with one attached hydrogen (secondary N) is 3. The lowest BCUT2D eigenvalue weighted by atomic mass is 9.86. The molecule has 3 rings (SSSR count). The van der Waals surface area contributed by atoms with Crippen LogP contribution in [0.15, 0.2) is 52.3 Å². The Morgan fingerprint density at radius 2 is 1.89 bits per heavy atom. The number of amides is 1. The summed E-state index contributed by atoms with van der Waals surface area (Å²) in [5.74, 6) is -0.331. The second-order valence-corrected chi connectivity index (χ2v) is 11.7. The van der Waals surface area contributed by atoms with Gasteiger partial charge in [0.15, 0.2) is 16.7 Å². The van der Waals surface area contributed by atoms with Crippen LogP contribution in [0.4, 0.5) is 20.2 Å². The third-order valence-corrected chi connectivity index (χ3v) is 8.45. The zero-order valence-corrected chi connectivity index (χ0v) is 22.7. The van der Waals surface area contributed by atoms with Crippen LogP contribution in [0.1, 0.15) is 38.5 Å². The van der Waals surface area contributed by atoms with E-state index in [-0.39, 0.29) is 24.7 Å². The third kappa shape index (κ3) is 8.18. The lowest BCUT2D eigenvalue weighted by Gasteiger charge is -2.27. The van der Waals surface area contributed by atoms with Crippen molar-refractivity contribution in [1.82, 2.24) is 9.62 Å². The highest BCUT2D eigenvalue weighted by Crippen LogP contribution is 2.33. The number of benzene rings is 2. The number of halogens is 2. The normalized spacial score (nSPS) is 16.8. The number of hydrogen-bond acceptors (Lipinski definition) is 6. The fourth-order valence-electron chi connectivity index (χ4n) is 4.13. The molecule has 2 atom stereocenters. The highest BCUT2D eigenvalue weighted by Gasteiger charge is 2.40. The third-order valence-electron chi connectivity index (χ3n) is 6.24. The fraction of sp³-hybridized carbons (Fsp3) is 0.500. The Morgan fingerprint density at radius 3 is 2.56 bits per heavy atom. The number of rotatable bonds is 12. The predicted octanol–water partition coefficient (Wildman–Crippen LogP) is 5.20. The predicted molar refractivity (Wildman–Crippen MR) is 145 cm³/mol. The molecule has 0 radical (unpaired) electrons. The minimum atomic E-state index is -1.94. The Kier molecular flexibility index (Phi) is 10.6. The van der Waals surface area contributed by atoms with Gasteiger partial charge in [0.05, 0.1) is 16.3 Å². The standard InChI is InChI=1S/C26H36F2N4O2S2/c1-29-24-17-22(36(34)31-25(33)26(28)13-5-4-6-14-26)10-11-23(24)30-20(12-15-32(2)3)18-35-21-9-7-8-19(27)16-21/h7-11,16-17,20,29-30H,4-6,12-15,18H2,1-3H3,(H,31,33)/t20-,36?/m1/s1. The first-order chi connectivity index (χ1) is 17.2. The van der Waals surface area contributed by atoms with Crippen molar-refractivity contribution >= 4 is 40.0 Å². The van der Waals surface area contributed by atoms with Gasteiger partial charge in [-0.2, -0.15) is 0 Å². The minimum Gasteiger partial charge on any atom is -0.386 e. The van der Waals surface area contributed by atoms with Gasteiger partial charge in [-0.1, -0.05) is 12.5 Å². The second-order valence-electron chi connectivity index (χ2n) is 9.38. The van der Waals surface area contributed by atoms with Crippen LogP contribution in [0.25, 0.3) is 0 Å². The monoisotopic (exact) mass is 538 g/mol. The van der Waals surface area contributed by atoms with E-state index in [4.69, 9.17) is 0 Å². The van der Waals surface area contributed by atoms with Crippen LogP contribution in [0, 0.1) is 5.82 Å². The molecule has 3 N–H and O–H groups in total. The molecule has 0 spiro atoms. The van der Waals surface area contributed by atoms with E-state index in [1.807, 2.05) is 26.2 Å². The van der Waals surface area contributed by atoms with E-state index in [1.165, 1.54) is 12.1 Å². The highest BCUT2D eigenvalue weighted by molar-refractivity contribution is 7.99. The quantitative estimate of drug-likeness (QED) is 0.323. The molecule has 0 aliphatic heterocycles. The molecule has 1 aliphatic carbocycles. The zero-order chi connectivity index (χ0) is 26.1. The summed E-state index contributed by atoms with van der Waals surface area (Å²) in [6.07, 6.45) is 3.44. The van der Waals surface area contributed by atoms with Crippen LogP contribution >= 0.6 is 11.8 Å². The topological polar surface area (TPSA) is 73.5 Å². The van der Waals surface area contributed by atoms with Gasteiger partial charge in [-0.25, -0.2) is 13.0 Å². The van der Waals surface area contributed by atoms with Gasteiger partial charge in [-0.05, 0) is 89.1 Å². The number of carbonyl (C=O) groups is 1. The molecule has 10 heteroatoms. The van der Waals surface area contributed by atoms with Crippen molar-refractivity contribution in [3.05, 3.63) is 48.3 Å². The molecule has 1 unspecified atom stereocenters. The lowest BCUT2D eigenvalue weighted by Crippen LogP contribution is -2.45. The first kappa shape index (κ1) is 28.4. The lowest BCUT2D eigenvalue weighted by molar-refractivity contribution is -0.132. The summed E-state index contributed by atoms with van der Waals surface area (Å²) in [5.41, 5.74) is -0.406. The largest absolute Gasteiger partial charge is 0.386 e. The van der Waals surface area contributed by atoms with Crippen molar-refractivity contribution in [3.63, 3.8) is 0 Å². The maximum atomic E-state index is 14.9. The number of carbonyl (C=O) groups excluding carboxylic acids is 1. The number of anilines is 2. The van der Waals surface area contributed by atoms with Crippen LogP contribution in [0.5, 0.6) is 0 Å². The average Bonchev–Trinajstić information content (AvgIpc) is 2.86. The van der Waals surface area contributed by atoms with E-state index in [0.717, 1.165) is 35.7 Å². The van der Waals surface area contributed by atoms with Gasteiger partial charge in [0.25, 0.3) is 5.91 Å². The highest BCUT2D eigenvalue weighted by atomic mass is 32.2. The molecule has 198 valence electrons. The molecular formula is C26H36F2N4O2S2. The number of thioether (sulfide) groups is 1. The van der Waals surface area contributed by atoms with Crippen molar-refractivity contribution in [2.75, 3.05) is 44.1 Å². The smallest absolute Gasteiger partial charge is 0.269 e. The zero-order valence-electron chi connectivity index (χ0n) is 21.1. The molecular weight excluding hydrogens is 502 g/mol. The molecule has 0 saturated heterocycles. The molecule has 0 heterocycles. The van der Waals surface area contributed by atoms with E-state index in [1.54, 1.807) is 37.0 Å². The van der Waals surface area contributed by atoms with Crippen molar-refractivity contribution in [1.29, 1.82) is 0 Å². The van der Waals surface area contributed by atoms with E-state index in [9.17, 15) is 17.8 Å². The molecule has 2 aromatic carbocycles. The SMILES string of the molecule is CNc1cc(S(=O)NC(=O)C2(F)CCCCC2)ccc1N[C@H](CCN(C)C)CSc1cccc(F)c1. The fourth-order valence-corrected chi connectivity index (χ4v) is 6.03. The van der Waals surface area contributed by atoms with Gasteiger partial charge in [-0.15, -0.1) is 11.8 Å². The summed E-state index contributed by atoms with van der Waals surface area (Å²) in [5, 5.41) is 6.67. The second kappa shape index (κ2) is 13.4. The average molecular weight is 539 g/mol. The van der Waals surface area contributed by atoms with Crippen LogP contribution in [-0.4, -0.2) is 60.2 Å². The Balaban J connectivity index is 1.69. The van der Waals surface area contributed by atoms with Gasteiger partial charge < -0.3 is 15.5 Å². The summed E-state index contributed by atoms with van der Waals surface area (Å²) in [7, 11) is 3.93. The van der Waals surface area contributed by atoms with Crippen molar-refractivity contribution in [2.24, 2.45) is 0 Å². The summed E-state index contributed by atoms with van der Waals surface area (Å²) in [6.45, 7) is 0.870. The minimum absolute atomic E-state index is 0.0847. The van der Waals surface area contributed by atoms with Crippen LogP contribution in [0.3, 0.4) is 0 Å². The van der Waals surface area contributed by atoms with Crippen LogP contribution < -0.4 is 15.4 Å². The van der Waals surface area contributed by atoms with Gasteiger partial charge in [0.2, 0.25) is 0 Å².